The molecule has 2 N–H and O–H groups in total. The number of aromatic hydroxyl groups is 1. The van der Waals surface area contributed by atoms with Crippen LogP contribution in [0.5, 0.6) is 11.5 Å². The van der Waals surface area contributed by atoms with Crippen molar-refractivity contribution in [1.82, 2.24) is 0 Å². The first-order chi connectivity index (χ1) is 10.1. The van der Waals surface area contributed by atoms with Gasteiger partial charge in [0.2, 0.25) is 0 Å². The fourth-order valence-electron chi connectivity index (χ4n) is 2.02. The van der Waals surface area contributed by atoms with Crippen LogP contribution in [0.2, 0.25) is 0 Å². The number of carbonyl (C=O) groups is 1. The molecule has 1 atom stereocenters. The molecule has 1 aromatic rings. The quantitative estimate of drug-likeness (QED) is 0.541. The highest BCUT2D eigenvalue weighted by molar-refractivity contribution is 5.93. The molecule has 21 heavy (non-hydrogen) atoms. The van der Waals surface area contributed by atoms with Crippen LogP contribution >= 0.6 is 0 Å². The van der Waals surface area contributed by atoms with Gasteiger partial charge in [0.15, 0.2) is 17.3 Å². The van der Waals surface area contributed by atoms with E-state index in [9.17, 15) is 15.0 Å². The maximum atomic E-state index is 11.8. The Hall–Kier alpha value is -1.81. The molecular weight excluding hydrogens is 268 g/mol. The normalized spacial score (nSPS) is 12.5. The lowest BCUT2D eigenvalue weighted by Crippen LogP contribution is -2.11. The van der Waals surface area contributed by atoms with Crippen molar-refractivity contribution in [2.45, 2.75) is 45.1 Å². The molecule has 0 heterocycles. The second-order valence-electron chi connectivity index (χ2n) is 5.08. The van der Waals surface area contributed by atoms with Gasteiger partial charge in [0.1, 0.15) is 0 Å². The summed E-state index contributed by atoms with van der Waals surface area (Å²) in [5, 5.41) is 19.2. The minimum atomic E-state index is -0.567. The van der Waals surface area contributed by atoms with Gasteiger partial charge in [0.05, 0.1) is 13.2 Å². The van der Waals surface area contributed by atoms with Gasteiger partial charge in [0, 0.05) is 6.42 Å². The Morgan fingerprint density at radius 1 is 1.38 bits per heavy atom. The van der Waals surface area contributed by atoms with Crippen LogP contribution in [0.1, 0.15) is 44.6 Å². The molecule has 0 fully saturated rings. The molecule has 0 saturated heterocycles. The molecule has 0 aliphatic carbocycles. The second-order valence-corrected chi connectivity index (χ2v) is 5.08. The fourth-order valence-corrected chi connectivity index (χ4v) is 2.02. The summed E-state index contributed by atoms with van der Waals surface area (Å²) in [5.41, 5.74) is 0.762. The van der Waals surface area contributed by atoms with E-state index in [0.717, 1.165) is 24.8 Å². The maximum Gasteiger partial charge on any atom is 0.161 e. The Bertz CT molecular complexity index is 480. The number of ketones is 1. The third-order valence-electron chi connectivity index (χ3n) is 3.24. The highest BCUT2D eigenvalue weighted by atomic mass is 16.5. The summed E-state index contributed by atoms with van der Waals surface area (Å²) in [6, 6.07) is 4.86. The first-order valence-electron chi connectivity index (χ1n) is 7.32. The first-order valence-corrected chi connectivity index (χ1v) is 7.32. The summed E-state index contributed by atoms with van der Waals surface area (Å²) in [6.07, 6.45) is 6.48. The molecule has 4 nitrogen and oxygen atoms in total. The van der Waals surface area contributed by atoms with Crippen LogP contribution < -0.4 is 4.74 Å². The van der Waals surface area contributed by atoms with Crippen LogP contribution in [-0.4, -0.2) is 29.2 Å². The average Bonchev–Trinajstić information content (AvgIpc) is 2.46. The number of phenolic OH excluding ortho intramolecular Hbond substituents is 1. The van der Waals surface area contributed by atoms with Crippen molar-refractivity contribution in [3.05, 3.63) is 29.8 Å². The van der Waals surface area contributed by atoms with Gasteiger partial charge in [-0.25, -0.2) is 0 Å². The van der Waals surface area contributed by atoms with E-state index in [-0.39, 0.29) is 18.0 Å². The lowest BCUT2D eigenvalue weighted by atomic mass is 10.0. The highest BCUT2D eigenvalue weighted by Gasteiger charge is 2.08. The van der Waals surface area contributed by atoms with Crippen LogP contribution in [0.4, 0.5) is 0 Å². The van der Waals surface area contributed by atoms with Gasteiger partial charge in [-0.2, -0.15) is 0 Å². The SMILES string of the molecule is CCCCC[C@H](O)CC(=O)/C=C/c1ccc(O)c(OC)c1. The number of allylic oxidation sites excluding steroid dienone is 1. The van der Waals surface area contributed by atoms with Crippen molar-refractivity contribution in [2.24, 2.45) is 0 Å². The number of hydrogen-bond donors (Lipinski definition) is 2. The predicted molar refractivity (Wildman–Crippen MR) is 83.5 cm³/mol. The average molecular weight is 292 g/mol. The molecule has 0 amide bonds. The van der Waals surface area contributed by atoms with Gasteiger partial charge in [-0.1, -0.05) is 38.3 Å². The van der Waals surface area contributed by atoms with Crippen molar-refractivity contribution in [3.8, 4) is 11.5 Å². The van der Waals surface area contributed by atoms with Crippen LogP contribution in [-0.2, 0) is 4.79 Å². The lowest BCUT2D eigenvalue weighted by Gasteiger charge is -2.07. The number of aliphatic hydroxyl groups is 1. The fraction of sp³-hybridized carbons (Fsp3) is 0.471. The minimum Gasteiger partial charge on any atom is -0.504 e. The first kappa shape index (κ1) is 17.2. The third kappa shape index (κ3) is 6.45. The number of benzene rings is 1. The topological polar surface area (TPSA) is 66.8 Å². The third-order valence-corrected chi connectivity index (χ3v) is 3.24. The second kappa shape index (κ2) is 9.19. The highest BCUT2D eigenvalue weighted by Crippen LogP contribution is 2.26. The Kier molecular flexibility index (Phi) is 7.54. The van der Waals surface area contributed by atoms with E-state index in [1.165, 1.54) is 19.3 Å². The molecule has 0 aliphatic rings. The summed E-state index contributed by atoms with van der Waals surface area (Å²) >= 11 is 0. The van der Waals surface area contributed by atoms with Gasteiger partial charge in [-0.15, -0.1) is 0 Å². The van der Waals surface area contributed by atoms with Crippen molar-refractivity contribution in [2.75, 3.05) is 7.11 Å². The zero-order chi connectivity index (χ0) is 15.7. The molecule has 0 bridgehead atoms. The summed E-state index contributed by atoms with van der Waals surface area (Å²) < 4.78 is 5.00. The van der Waals surface area contributed by atoms with E-state index in [1.807, 2.05) is 0 Å². The van der Waals surface area contributed by atoms with Gasteiger partial charge in [-0.05, 0) is 30.2 Å². The molecule has 4 heteroatoms. The van der Waals surface area contributed by atoms with Gasteiger partial charge in [-0.3, -0.25) is 4.79 Å². The van der Waals surface area contributed by atoms with Crippen molar-refractivity contribution >= 4 is 11.9 Å². The number of methoxy groups -OCH3 is 1. The Balaban J connectivity index is 2.50. The number of phenols is 1. The number of ether oxygens (including phenoxy) is 1. The van der Waals surface area contributed by atoms with Crippen molar-refractivity contribution < 1.29 is 19.7 Å². The van der Waals surface area contributed by atoms with E-state index >= 15 is 0 Å². The zero-order valence-corrected chi connectivity index (χ0v) is 12.7. The molecule has 1 rings (SSSR count). The van der Waals surface area contributed by atoms with E-state index in [2.05, 4.69) is 6.92 Å². The predicted octanol–water partition coefficient (Wildman–Crippen LogP) is 3.31. The van der Waals surface area contributed by atoms with E-state index in [1.54, 1.807) is 18.2 Å². The molecule has 0 aliphatic heterocycles. The summed E-state index contributed by atoms with van der Waals surface area (Å²) in [6.45, 7) is 2.10. The molecule has 1 aromatic carbocycles. The zero-order valence-electron chi connectivity index (χ0n) is 12.7. The van der Waals surface area contributed by atoms with Crippen LogP contribution in [0.25, 0.3) is 6.08 Å². The molecule has 0 unspecified atom stereocenters. The number of rotatable bonds is 9. The summed E-state index contributed by atoms with van der Waals surface area (Å²) in [4.78, 5) is 11.8. The molecule has 0 aromatic heterocycles. The Labute approximate surface area is 126 Å². The number of carbonyl (C=O) groups excluding carboxylic acids is 1. The molecule has 0 saturated carbocycles. The van der Waals surface area contributed by atoms with Gasteiger partial charge in [0.25, 0.3) is 0 Å². The van der Waals surface area contributed by atoms with Gasteiger partial charge < -0.3 is 14.9 Å². The van der Waals surface area contributed by atoms with Crippen LogP contribution in [0.15, 0.2) is 24.3 Å². The van der Waals surface area contributed by atoms with E-state index in [0.29, 0.717) is 12.2 Å². The number of aliphatic hydroxyl groups excluding tert-OH is 1. The summed E-state index contributed by atoms with van der Waals surface area (Å²) in [7, 11) is 1.47. The van der Waals surface area contributed by atoms with Crippen LogP contribution in [0.3, 0.4) is 0 Å². The largest absolute Gasteiger partial charge is 0.504 e. The van der Waals surface area contributed by atoms with Crippen molar-refractivity contribution in [3.63, 3.8) is 0 Å². The van der Waals surface area contributed by atoms with Crippen LogP contribution in [0, 0.1) is 0 Å². The molecule has 116 valence electrons. The van der Waals surface area contributed by atoms with Gasteiger partial charge >= 0.3 is 0 Å². The summed E-state index contributed by atoms with van der Waals surface area (Å²) in [5.74, 6) is 0.322. The monoisotopic (exact) mass is 292 g/mol. The standard InChI is InChI=1S/C17H24O4/c1-3-4-5-6-14(18)12-15(19)9-7-13-8-10-16(20)17(11-13)21-2/h7-11,14,18,20H,3-6,12H2,1-2H3/b9-7+/t14-/m0/s1. The Morgan fingerprint density at radius 3 is 2.81 bits per heavy atom. The van der Waals surface area contributed by atoms with Crippen molar-refractivity contribution in [1.29, 1.82) is 0 Å². The molecule has 0 radical (unpaired) electrons. The Morgan fingerprint density at radius 2 is 2.14 bits per heavy atom. The minimum absolute atomic E-state index is 0.0623. The maximum absolute atomic E-state index is 11.8. The van der Waals surface area contributed by atoms with E-state index < -0.39 is 6.10 Å². The number of unbranched alkanes of at least 4 members (excludes halogenated alkanes) is 2. The lowest BCUT2D eigenvalue weighted by molar-refractivity contribution is -0.116. The smallest absolute Gasteiger partial charge is 0.161 e. The molecule has 0 spiro atoms. The molecular formula is C17H24O4. The number of hydrogen-bond acceptors (Lipinski definition) is 4. The van der Waals surface area contributed by atoms with E-state index in [4.69, 9.17) is 4.74 Å².